The van der Waals surface area contributed by atoms with E-state index in [1.807, 2.05) is 30.3 Å². The van der Waals surface area contributed by atoms with Crippen LogP contribution in [0.4, 0.5) is 5.82 Å². The van der Waals surface area contributed by atoms with Crippen molar-refractivity contribution in [2.45, 2.75) is 6.54 Å². The predicted molar refractivity (Wildman–Crippen MR) is 103 cm³/mol. The van der Waals surface area contributed by atoms with E-state index < -0.39 is 0 Å². The number of rotatable bonds is 4. The summed E-state index contributed by atoms with van der Waals surface area (Å²) >= 11 is 0. The van der Waals surface area contributed by atoms with Gasteiger partial charge in [0.15, 0.2) is 5.82 Å². The van der Waals surface area contributed by atoms with Crippen LogP contribution in [-0.4, -0.2) is 46.4 Å². The molecule has 5 heteroatoms. The minimum Gasteiger partial charge on any atom is -0.508 e. The molecule has 0 aliphatic carbocycles. The molecule has 26 heavy (non-hydrogen) atoms. The number of benzene rings is 2. The van der Waals surface area contributed by atoms with E-state index in [4.69, 9.17) is 0 Å². The Balaban J connectivity index is 1.46. The highest BCUT2D eigenvalue weighted by molar-refractivity contribution is 5.68. The number of aromatic nitrogens is 2. The number of piperazine rings is 1. The van der Waals surface area contributed by atoms with Gasteiger partial charge in [0, 0.05) is 38.9 Å². The zero-order valence-corrected chi connectivity index (χ0v) is 14.6. The Kier molecular flexibility index (Phi) is 4.80. The third kappa shape index (κ3) is 3.68. The average molecular weight is 346 g/mol. The highest BCUT2D eigenvalue weighted by Gasteiger charge is 2.19. The first kappa shape index (κ1) is 16.5. The average Bonchev–Trinajstić information content (AvgIpc) is 2.70. The monoisotopic (exact) mass is 346 g/mol. The molecule has 0 spiro atoms. The number of phenolic OH excluding ortho intramolecular Hbond substituents is 1. The quantitative estimate of drug-likeness (QED) is 0.786. The zero-order valence-electron chi connectivity index (χ0n) is 14.6. The molecule has 4 rings (SSSR count). The highest BCUT2D eigenvalue weighted by atomic mass is 16.3. The molecule has 0 unspecified atom stereocenters. The van der Waals surface area contributed by atoms with E-state index in [0.717, 1.165) is 44.1 Å². The van der Waals surface area contributed by atoms with Crippen molar-refractivity contribution in [3.8, 4) is 16.9 Å². The van der Waals surface area contributed by atoms with Crippen LogP contribution in [0.2, 0.25) is 0 Å². The van der Waals surface area contributed by atoms with Crippen LogP contribution in [0.3, 0.4) is 0 Å². The third-order valence-corrected chi connectivity index (χ3v) is 4.82. The van der Waals surface area contributed by atoms with E-state index in [-0.39, 0.29) is 0 Å². The van der Waals surface area contributed by atoms with Gasteiger partial charge in [-0.3, -0.25) is 4.90 Å². The van der Waals surface area contributed by atoms with Crippen LogP contribution >= 0.6 is 0 Å². The molecule has 0 atom stereocenters. The summed E-state index contributed by atoms with van der Waals surface area (Å²) in [4.78, 5) is 4.75. The normalized spacial score (nSPS) is 15.2. The number of phenols is 1. The van der Waals surface area contributed by atoms with Gasteiger partial charge < -0.3 is 10.0 Å². The molecule has 0 amide bonds. The largest absolute Gasteiger partial charge is 0.508 e. The summed E-state index contributed by atoms with van der Waals surface area (Å²) in [6.07, 6.45) is 1.71. The minimum absolute atomic E-state index is 0.301. The second-order valence-electron chi connectivity index (χ2n) is 6.55. The predicted octanol–water partition coefficient (Wildman–Crippen LogP) is 3.17. The second-order valence-corrected chi connectivity index (χ2v) is 6.55. The lowest BCUT2D eigenvalue weighted by Gasteiger charge is -2.35. The molecule has 2 aromatic carbocycles. The molecule has 1 N–H and O–H groups in total. The smallest absolute Gasteiger partial charge is 0.151 e. The lowest BCUT2D eigenvalue weighted by molar-refractivity contribution is 0.249. The van der Waals surface area contributed by atoms with Gasteiger partial charge >= 0.3 is 0 Å². The fraction of sp³-hybridized carbons (Fsp3) is 0.238. The van der Waals surface area contributed by atoms with Crippen molar-refractivity contribution in [1.82, 2.24) is 15.1 Å². The molecule has 5 nitrogen and oxygen atoms in total. The third-order valence-electron chi connectivity index (χ3n) is 4.82. The standard InChI is InChI=1S/C21H22N4O/c26-19-7-3-6-17(15-19)20-8-2-1-5-18(20)16-24-11-13-25(14-12-24)21-9-4-10-22-23-21/h1-10,15,26H,11-14,16H2. The molecule has 3 aromatic rings. The van der Waals surface area contributed by atoms with E-state index in [1.165, 1.54) is 11.1 Å². The highest BCUT2D eigenvalue weighted by Crippen LogP contribution is 2.27. The molecule has 0 saturated carbocycles. The SMILES string of the molecule is Oc1cccc(-c2ccccc2CN2CCN(c3cccnn3)CC2)c1. The van der Waals surface area contributed by atoms with Crippen molar-refractivity contribution >= 4 is 5.82 Å². The van der Waals surface area contributed by atoms with Gasteiger partial charge in [-0.2, -0.15) is 5.10 Å². The van der Waals surface area contributed by atoms with E-state index in [2.05, 4.69) is 44.3 Å². The van der Waals surface area contributed by atoms with Crippen LogP contribution in [-0.2, 0) is 6.54 Å². The van der Waals surface area contributed by atoms with Crippen molar-refractivity contribution in [1.29, 1.82) is 0 Å². The molecule has 0 bridgehead atoms. The van der Waals surface area contributed by atoms with Gasteiger partial charge in [0.05, 0.1) is 0 Å². The number of aromatic hydroxyl groups is 1. The van der Waals surface area contributed by atoms with Crippen molar-refractivity contribution in [3.05, 3.63) is 72.4 Å². The van der Waals surface area contributed by atoms with Gasteiger partial charge in [0.1, 0.15) is 5.75 Å². The van der Waals surface area contributed by atoms with Crippen LogP contribution in [0, 0.1) is 0 Å². The second kappa shape index (κ2) is 7.54. The van der Waals surface area contributed by atoms with E-state index in [9.17, 15) is 5.11 Å². The number of anilines is 1. The number of hydrogen-bond acceptors (Lipinski definition) is 5. The summed E-state index contributed by atoms with van der Waals surface area (Å²) in [6.45, 7) is 4.79. The van der Waals surface area contributed by atoms with Gasteiger partial charge in [-0.25, -0.2) is 0 Å². The Morgan fingerprint density at radius 1 is 0.885 bits per heavy atom. The molecule has 1 aliphatic heterocycles. The molecular weight excluding hydrogens is 324 g/mol. The summed E-state index contributed by atoms with van der Waals surface area (Å²) in [7, 11) is 0. The molecule has 1 saturated heterocycles. The Morgan fingerprint density at radius 2 is 1.73 bits per heavy atom. The van der Waals surface area contributed by atoms with Crippen molar-refractivity contribution < 1.29 is 5.11 Å². The summed E-state index contributed by atoms with van der Waals surface area (Å²) in [5.74, 6) is 1.25. The summed E-state index contributed by atoms with van der Waals surface area (Å²) in [6, 6.07) is 19.8. The minimum atomic E-state index is 0.301. The van der Waals surface area contributed by atoms with Gasteiger partial charge in [-0.15, -0.1) is 5.10 Å². The maximum atomic E-state index is 9.80. The number of nitrogens with zero attached hydrogens (tertiary/aromatic N) is 4. The molecule has 2 heterocycles. The van der Waals surface area contributed by atoms with Crippen molar-refractivity contribution in [2.24, 2.45) is 0 Å². The van der Waals surface area contributed by atoms with Crippen LogP contribution < -0.4 is 4.90 Å². The van der Waals surface area contributed by atoms with E-state index in [0.29, 0.717) is 5.75 Å². The first-order valence-electron chi connectivity index (χ1n) is 8.92. The molecule has 1 fully saturated rings. The van der Waals surface area contributed by atoms with Gasteiger partial charge in [0.2, 0.25) is 0 Å². The van der Waals surface area contributed by atoms with Crippen LogP contribution in [0.15, 0.2) is 66.9 Å². The molecule has 1 aromatic heterocycles. The topological polar surface area (TPSA) is 52.5 Å². The summed E-state index contributed by atoms with van der Waals surface area (Å²) < 4.78 is 0. The van der Waals surface area contributed by atoms with Crippen molar-refractivity contribution in [2.75, 3.05) is 31.1 Å². The van der Waals surface area contributed by atoms with E-state index >= 15 is 0 Å². The van der Waals surface area contributed by atoms with Gasteiger partial charge in [0.25, 0.3) is 0 Å². The van der Waals surface area contributed by atoms with Crippen molar-refractivity contribution in [3.63, 3.8) is 0 Å². The Bertz CT molecular complexity index is 861. The fourth-order valence-electron chi connectivity index (χ4n) is 3.45. The Morgan fingerprint density at radius 3 is 2.50 bits per heavy atom. The van der Waals surface area contributed by atoms with E-state index in [1.54, 1.807) is 12.3 Å². The van der Waals surface area contributed by atoms with Crippen LogP contribution in [0.5, 0.6) is 5.75 Å². The summed E-state index contributed by atoms with van der Waals surface area (Å²) in [5.41, 5.74) is 3.52. The maximum absolute atomic E-state index is 9.80. The maximum Gasteiger partial charge on any atom is 0.151 e. The molecule has 0 radical (unpaired) electrons. The Labute approximate surface area is 153 Å². The van der Waals surface area contributed by atoms with Crippen LogP contribution in [0.1, 0.15) is 5.56 Å². The Hall–Kier alpha value is -2.92. The zero-order chi connectivity index (χ0) is 17.8. The lowest BCUT2D eigenvalue weighted by Crippen LogP contribution is -2.46. The summed E-state index contributed by atoms with van der Waals surface area (Å²) in [5, 5.41) is 18.0. The van der Waals surface area contributed by atoms with Gasteiger partial charge in [-0.05, 0) is 41.0 Å². The fourth-order valence-corrected chi connectivity index (χ4v) is 3.45. The molecule has 132 valence electrons. The number of hydrogen-bond donors (Lipinski definition) is 1. The molecular formula is C21H22N4O. The van der Waals surface area contributed by atoms with Gasteiger partial charge in [-0.1, -0.05) is 36.4 Å². The lowest BCUT2D eigenvalue weighted by atomic mass is 9.99. The first-order valence-corrected chi connectivity index (χ1v) is 8.92. The van der Waals surface area contributed by atoms with Crippen LogP contribution in [0.25, 0.3) is 11.1 Å². The molecule has 1 aliphatic rings. The first-order chi connectivity index (χ1) is 12.8.